The molecule has 2 heterocycles. The lowest BCUT2D eigenvalue weighted by Gasteiger charge is -2.30. The molecule has 0 radical (unpaired) electrons. The molecule has 1 aromatic heterocycles. The topological polar surface area (TPSA) is 57.4 Å². The van der Waals surface area contributed by atoms with Gasteiger partial charge >= 0.3 is 0 Å². The summed E-state index contributed by atoms with van der Waals surface area (Å²) < 4.78 is 5.88. The first kappa shape index (κ1) is 22.5. The van der Waals surface area contributed by atoms with Crippen LogP contribution < -0.4 is 10.9 Å². The second kappa shape index (κ2) is 9.84. The number of thiocarbonyl (C=S) groups is 1. The van der Waals surface area contributed by atoms with Gasteiger partial charge in [0, 0.05) is 24.1 Å². The average Bonchev–Trinajstić information content (AvgIpc) is 3.30. The number of aromatic nitrogens is 1. The van der Waals surface area contributed by atoms with Crippen molar-refractivity contribution in [2.45, 2.75) is 52.3 Å². The van der Waals surface area contributed by atoms with E-state index in [0.717, 1.165) is 41.5 Å². The van der Waals surface area contributed by atoms with E-state index < -0.39 is 0 Å². The van der Waals surface area contributed by atoms with Gasteiger partial charge in [-0.3, -0.25) is 4.79 Å². The summed E-state index contributed by atoms with van der Waals surface area (Å²) in [6.07, 6.45) is 2.21. The Morgan fingerprint density at radius 3 is 2.69 bits per heavy atom. The van der Waals surface area contributed by atoms with Crippen LogP contribution >= 0.6 is 12.2 Å². The summed E-state index contributed by atoms with van der Waals surface area (Å²) in [7, 11) is 0. The zero-order chi connectivity index (χ0) is 22.7. The van der Waals surface area contributed by atoms with Gasteiger partial charge in [-0.05, 0) is 68.6 Å². The van der Waals surface area contributed by atoms with Crippen LogP contribution in [0.3, 0.4) is 0 Å². The fourth-order valence-corrected chi connectivity index (χ4v) is 4.61. The summed E-state index contributed by atoms with van der Waals surface area (Å²) in [4.78, 5) is 18.1. The third-order valence-electron chi connectivity index (χ3n) is 6.26. The number of aryl methyl sites for hydroxylation is 2. The van der Waals surface area contributed by atoms with Crippen LogP contribution in [0.5, 0.6) is 0 Å². The molecule has 2 N–H and O–H groups in total. The molecule has 168 valence electrons. The van der Waals surface area contributed by atoms with Crippen LogP contribution in [0, 0.1) is 13.8 Å². The molecule has 0 amide bonds. The molecule has 1 fully saturated rings. The quantitative estimate of drug-likeness (QED) is 0.532. The first-order chi connectivity index (χ1) is 15.4. The zero-order valence-corrected chi connectivity index (χ0v) is 19.8. The van der Waals surface area contributed by atoms with Crippen LogP contribution in [-0.2, 0) is 11.3 Å². The molecule has 1 aliphatic heterocycles. The number of H-pyrrole nitrogens is 1. The average molecular weight is 450 g/mol. The Labute approximate surface area is 194 Å². The Morgan fingerprint density at radius 2 is 1.97 bits per heavy atom. The van der Waals surface area contributed by atoms with Crippen LogP contribution in [0.15, 0.2) is 53.3 Å². The molecule has 4 rings (SSSR count). The molecule has 1 saturated heterocycles. The largest absolute Gasteiger partial charge is 0.376 e. The molecule has 2 aromatic carbocycles. The van der Waals surface area contributed by atoms with E-state index in [2.05, 4.69) is 47.2 Å². The first-order valence-electron chi connectivity index (χ1n) is 11.3. The first-order valence-corrected chi connectivity index (χ1v) is 11.7. The Hall–Kier alpha value is -2.70. The van der Waals surface area contributed by atoms with E-state index in [1.54, 1.807) is 0 Å². The maximum Gasteiger partial charge on any atom is 0.253 e. The molecule has 0 aliphatic carbocycles. The van der Waals surface area contributed by atoms with Gasteiger partial charge in [0.05, 0.1) is 24.2 Å². The van der Waals surface area contributed by atoms with E-state index in [1.807, 2.05) is 37.3 Å². The number of fused-ring (bicyclic) bond motifs is 1. The van der Waals surface area contributed by atoms with Gasteiger partial charge in [0.15, 0.2) is 5.11 Å². The molecular weight excluding hydrogens is 418 g/mol. The molecule has 0 bridgehead atoms. The number of hydrogen-bond acceptors (Lipinski definition) is 3. The molecule has 32 heavy (non-hydrogen) atoms. The van der Waals surface area contributed by atoms with E-state index >= 15 is 0 Å². The lowest BCUT2D eigenvalue weighted by Crippen LogP contribution is -2.44. The molecule has 6 heteroatoms. The predicted molar refractivity (Wildman–Crippen MR) is 134 cm³/mol. The van der Waals surface area contributed by atoms with E-state index in [1.165, 1.54) is 5.56 Å². The van der Waals surface area contributed by atoms with Crippen molar-refractivity contribution in [2.24, 2.45) is 0 Å². The van der Waals surface area contributed by atoms with E-state index in [0.29, 0.717) is 23.8 Å². The Bertz CT molecular complexity index is 1150. The van der Waals surface area contributed by atoms with E-state index in [9.17, 15) is 4.79 Å². The smallest absolute Gasteiger partial charge is 0.253 e. The minimum atomic E-state index is -0.0672. The molecule has 0 spiro atoms. The summed E-state index contributed by atoms with van der Waals surface area (Å²) >= 11 is 5.82. The number of benzene rings is 2. The van der Waals surface area contributed by atoms with Crippen molar-refractivity contribution in [3.05, 3.63) is 81.1 Å². The molecule has 3 aromatic rings. The molecule has 1 aliphatic rings. The number of hydrogen-bond donors (Lipinski definition) is 2. The summed E-state index contributed by atoms with van der Waals surface area (Å²) in [6.45, 7) is 8.07. The molecular formula is C26H31N3O2S. The summed E-state index contributed by atoms with van der Waals surface area (Å²) in [5, 5.41) is 5.17. The molecule has 0 saturated carbocycles. The summed E-state index contributed by atoms with van der Waals surface area (Å²) in [5.74, 6) is 0. The van der Waals surface area contributed by atoms with Crippen LogP contribution in [0.25, 0.3) is 10.9 Å². The third kappa shape index (κ3) is 5.03. The van der Waals surface area contributed by atoms with E-state index in [-0.39, 0.29) is 17.7 Å². The molecule has 2 atom stereocenters. The number of rotatable bonds is 6. The highest BCUT2D eigenvalue weighted by Crippen LogP contribution is 2.21. The Balaban J connectivity index is 1.60. The summed E-state index contributed by atoms with van der Waals surface area (Å²) in [6, 6.07) is 16.5. The maximum absolute atomic E-state index is 13.0. The van der Waals surface area contributed by atoms with Gasteiger partial charge in [0.1, 0.15) is 0 Å². The fourth-order valence-electron chi connectivity index (χ4n) is 4.30. The highest BCUT2D eigenvalue weighted by molar-refractivity contribution is 7.80. The van der Waals surface area contributed by atoms with Crippen LogP contribution in [0.4, 0.5) is 0 Å². The number of nitrogens with one attached hydrogen (secondary N) is 2. The van der Waals surface area contributed by atoms with Gasteiger partial charge in [0.25, 0.3) is 5.56 Å². The lowest BCUT2D eigenvalue weighted by molar-refractivity contribution is 0.0895. The second-order valence-electron chi connectivity index (χ2n) is 8.71. The van der Waals surface area contributed by atoms with Gasteiger partial charge in [-0.15, -0.1) is 0 Å². The van der Waals surface area contributed by atoms with Crippen molar-refractivity contribution in [2.75, 3.05) is 13.2 Å². The minimum absolute atomic E-state index is 0.0653. The van der Waals surface area contributed by atoms with Gasteiger partial charge in [-0.25, -0.2) is 0 Å². The van der Waals surface area contributed by atoms with Crippen molar-refractivity contribution < 1.29 is 4.74 Å². The molecule has 2 unspecified atom stereocenters. The minimum Gasteiger partial charge on any atom is -0.376 e. The van der Waals surface area contributed by atoms with Gasteiger partial charge < -0.3 is 19.9 Å². The zero-order valence-electron chi connectivity index (χ0n) is 19.0. The Morgan fingerprint density at radius 1 is 1.22 bits per heavy atom. The van der Waals surface area contributed by atoms with Crippen LogP contribution in [-0.4, -0.2) is 34.3 Å². The molecule has 5 nitrogen and oxygen atoms in total. The van der Waals surface area contributed by atoms with Crippen LogP contribution in [0.2, 0.25) is 0 Å². The monoisotopic (exact) mass is 449 g/mol. The van der Waals surface area contributed by atoms with Crippen molar-refractivity contribution in [3.8, 4) is 0 Å². The maximum atomic E-state index is 13.0. The SMILES string of the molecule is Cc1ccc(C)c2[nH]c(=O)c(CN(CC3CCCO3)C(=S)NC(C)c3ccccc3)cc12. The number of nitrogens with zero attached hydrogens (tertiary/aromatic N) is 1. The lowest BCUT2D eigenvalue weighted by atomic mass is 10.0. The van der Waals surface area contributed by atoms with Gasteiger partial charge in [0.2, 0.25) is 0 Å². The van der Waals surface area contributed by atoms with E-state index in [4.69, 9.17) is 17.0 Å². The Kier molecular flexibility index (Phi) is 6.92. The standard InChI is InChI=1S/C26H31N3O2S/c1-17-11-12-18(2)24-23(17)14-21(25(30)28-24)15-29(16-22-10-7-13-31-22)26(32)27-19(3)20-8-5-4-6-9-20/h4-6,8-9,11-12,14,19,22H,7,10,13,15-16H2,1-3H3,(H,27,32)(H,28,30). The van der Waals surface area contributed by atoms with Crippen molar-refractivity contribution >= 4 is 28.2 Å². The van der Waals surface area contributed by atoms with Crippen molar-refractivity contribution in [1.29, 1.82) is 0 Å². The predicted octanol–water partition coefficient (Wildman–Crippen LogP) is 4.76. The normalized spacial score (nSPS) is 16.8. The third-order valence-corrected chi connectivity index (χ3v) is 6.63. The fraction of sp³-hybridized carbons (Fsp3) is 0.385. The highest BCUT2D eigenvalue weighted by Gasteiger charge is 2.23. The van der Waals surface area contributed by atoms with Gasteiger partial charge in [-0.1, -0.05) is 42.5 Å². The number of aromatic amines is 1. The van der Waals surface area contributed by atoms with Crippen molar-refractivity contribution in [1.82, 2.24) is 15.2 Å². The number of ether oxygens (including phenoxy) is 1. The van der Waals surface area contributed by atoms with Crippen LogP contribution in [0.1, 0.15) is 48.1 Å². The summed E-state index contributed by atoms with van der Waals surface area (Å²) in [5.41, 5.74) is 4.93. The van der Waals surface area contributed by atoms with Gasteiger partial charge in [-0.2, -0.15) is 0 Å². The van der Waals surface area contributed by atoms with Crippen molar-refractivity contribution in [3.63, 3.8) is 0 Å². The second-order valence-corrected chi connectivity index (χ2v) is 9.10. The highest BCUT2D eigenvalue weighted by atomic mass is 32.1. The number of pyridine rings is 1.